The Morgan fingerprint density at radius 1 is 1.09 bits per heavy atom. The van der Waals surface area contributed by atoms with Gasteiger partial charge in [-0.2, -0.15) is 0 Å². The number of rotatable bonds is 6. The van der Waals surface area contributed by atoms with E-state index in [2.05, 4.69) is 15.2 Å². The molecule has 1 fully saturated rings. The Morgan fingerprint density at radius 2 is 1.78 bits per heavy atom. The molecule has 0 unspecified atom stereocenters. The number of aromatic amines is 1. The molecule has 0 saturated carbocycles. The Bertz CT molecular complexity index is 1190. The second kappa shape index (κ2) is 9.40. The third-order valence-corrected chi connectivity index (χ3v) is 5.86. The smallest absolute Gasteiger partial charge is 0.268 e. The number of hydrogen-bond donors (Lipinski definition) is 2. The van der Waals surface area contributed by atoms with Crippen molar-refractivity contribution in [2.24, 2.45) is 0 Å². The van der Waals surface area contributed by atoms with Crippen molar-refractivity contribution < 1.29 is 18.7 Å². The number of nitrogens with one attached hydrogen (secondary N) is 2. The summed E-state index contributed by atoms with van der Waals surface area (Å²) in [6, 6.07) is 11.3. The van der Waals surface area contributed by atoms with Gasteiger partial charge in [-0.05, 0) is 31.0 Å². The molecule has 2 heterocycles. The van der Waals surface area contributed by atoms with Crippen molar-refractivity contribution in [3.05, 3.63) is 69.8 Å². The number of amides is 1. The van der Waals surface area contributed by atoms with Crippen LogP contribution in [0.3, 0.4) is 0 Å². The lowest BCUT2D eigenvalue weighted by atomic mass is 10.0. The van der Waals surface area contributed by atoms with Crippen molar-refractivity contribution in [2.45, 2.75) is 25.4 Å². The first kappa shape index (κ1) is 21.8. The van der Waals surface area contributed by atoms with E-state index in [1.165, 1.54) is 19.2 Å². The zero-order chi connectivity index (χ0) is 22.7. The van der Waals surface area contributed by atoms with Gasteiger partial charge in [-0.25, -0.2) is 4.39 Å². The molecule has 2 N–H and O–H groups in total. The zero-order valence-corrected chi connectivity index (χ0v) is 18.1. The lowest BCUT2D eigenvalue weighted by molar-refractivity contribution is 0.0904. The fourth-order valence-corrected chi connectivity index (χ4v) is 4.00. The molecule has 0 aliphatic carbocycles. The number of fused-ring (bicyclic) bond motifs is 1. The fourth-order valence-electron chi connectivity index (χ4n) is 4.00. The molecule has 1 aliphatic heterocycles. The molecule has 0 atom stereocenters. The van der Waals surface area contributed by atoms with Gasteiger partial charge in [0.1, 0.15) is 23.0 Å². The number of carbonyl (C=O) groups excluding carboxylic acids is 1. The number of benzene rings is 2. The third-order valence-electron chi connectivity index (χ3n) is 5.86. The average molecular weight is 439 g/mol. The number of ether oxygens (including phenoxy) is 2. The number of carbonyl (C=O) groups is 1. The molecule has 0 spiro atoms. The Morgan fingerprint density at radius 3 is 2.47 bits per heavy atom. The predicted molar refractivity (Wildman–Crippen MR) is 120 cm³/mol. The van der Waals surface area contributed by atoms with E-state index in [0.29, 0.717) is 34.5 Å². The second-order valence-corrected chi connectivity index (χ2v) is 7.94. The highest BCUT2D eigenvalue weighted by molar-refractivity contribution is 5.95. The van der Waals surface area contributed by atoms with E-state index >= 15 is 0 Å². The number of hydrogen-bond acceptors (Lipinski definition) is 5. The first-order chi connectivity index (χ1) is 15.5. The Hall–Kier alpha value is -3.39. The molecular formula is C24H26FN3O4. The van der Waals surface area contributed by atoms with Gasteiger partial charge in [-0.15, -0.1) is 0 Å². The average Bonchev–Trinajstić information content (AvgIpc) is 2.81. The highest BCUT2D eigenvalue weighted by atomic mass is 19.1. The van der Waals surface area contributed by atoms with Crippen LogP contribution in [0.2, 0.25) is 0 Å². The summed E-state index contributed by atoms with van der Waals surface area (Å²) in [5.74, 6) is 0.507. The van der Waals surface area contributed by atoms with E-state index in [-0.39, 0.29) is 28.9 Å². The summed E-state index contributed by atoms with van der Waals surface area (Å²) in [6.45, 7) is 1.99. The van der Waals surface area contributed by atoms with Crippen LogP contribution in [0.4, 0.5) is 4.39 Å². The van der Waals surface area contributed by atoms with Gasteiger partial charge in [0.15, 0.2) is 5.43 Å². The highest BCUT2D eigenvalue weighted by Crippen LogP contribution is 2.20. The normalized spacial score (nSPS) is 15.0. The van der Waals surface area contributed by atoms with Crippen LogP contribution in [-0.4, -0.2) is 49.1 Å². The third kappa shape index (κ3) is 4.75. The van der Waals surface area contributed by atoms with Crippen LogP contribution in [0.15, 0.2) is 47.3 Å². The maximum Gasteiger partial charge on any atom is 0.268 e. The maximum absolute atomic E-state index is 14.2. The molecule has 168 valence electrons. The van der Waals surface area contributed by atoms with Gasteiger partial charge in [0, 0.05) is 54.8 Å². The van der Waals surface area contributed by atoms with E-state index in [1.807, 2.05) is 0 Å². The molecule has 32 heavy (non-hydrogen) atoms. The van der Waals surface area contributed by atoms with E-state index in [9.17, 15) is 14.0 Å². The largest absolute Gasteiger partial charge is 0.497 e. The molecule has 1 saturated heterocycles. The minimum absolute atomic E-state index is 0.0102. The quantitative estimate of drug-likeness (QED) is 0.617. The summed E-state index contributed by atoms with van der Waals surface area (Å²) in [7, 11) is 3.06. The molecule has 7 nitrogen and oxygen atoms in total. The highest BCUT2D eigenvalue weighted by Gasteiger charge is 2.22. The molecule has 2 aromatic carbocycles. The number of halogens is 1. The molecule has 3 aromatic rings. The van der Waals surface area contributed by atoms with Crippen LogP contribution in [0.1, 0.15) is 28.9 Å². The van der Waals surface area contributed by atoms with Gasteiger partial charge >= 0.3 is 0 Å². The summed E-state index contributed by atoms with van der Waals surface area (Å²) in [4.78, 5) is 30.3. The number of likely N-dealkylation sites (tertiary alicyclic amines) is 1. The number of aromatic nitrogens is 1. The summed E-state index contributed by atoms with van der Waals surface area (Å²) >= 11 is 0. The van der Waals surface area contributed by atoms with Crippen molar-refractivity contribution in [3.63, 3.8) is 0 Å². The number of H-pyrrole nitrogens is 1. The van der Waals surface area contributed by atoms with Crippen molar-refractivity contribution in [1.82, 2.24) is 15.2 Å². The standard InChI is InChI=1S/C24H26FN3O4/c1-31-17-4-3-15(20(25)11-17)14-28-9-7-16(8-10-28)26-24(30)22-13-23(29)19-6-5-18(32-2)12-21(19)27-22/h3-6,11-13,16H,7-10,14H2,1-2H3,(H,26,30)(H,27,29). The number of nitrogens with zero attached hydrogens (tertiary/aromatic N) is 1. The maximum atomic E-state index is 14.2. The second-order valence-electron chi connectivity index (χ2n) is 7.94. The number of methoxy groups -OCH3 is 2. The van der Waals surface area contributed by atoms with Crippen LogP contribution in [-0.2, 0) is 6.54 Å². The molecule has 4 rings (SSSR count). The number of piperidine rings is 1. The van der Waals surface area contributed by atoms with Gasteiger partial charge in [0.25, 0.3) is 5.91 Å². The van der Waals surface area contributed by atoms with Crippen molar-refractivity contribution in [1.29, 1.82) is 0 Å². The summed E-state index contributed by atoms with van der Waals surface area (Å²) in [5.41, 5.74) is 1.18. The van der Waals surface area contributed by atoms with Gasteiger partial charge in [-0.3, -0.25) is 14.5 Å². The fraction of sp³-hybridized carbons (Fsp3) is 0.333. The van der Waals surface area contributed by atoms with Crippen molar-refractivity contribution >= 4 is 16.8 Å². The lowest BCUT2D eigenvalue weighted by Crippen LogP contribution is -2.44. The monoisotopic (exact) mass is 439 g/mol. The van der Waals surface area contributed by atoms with Crippen molar-refractivity contribution in [2.75, 3.05) is 27.3 Å². The molecule has 8 heteroatoms. The molecule has 0 radical (unpaired) electrons. The predicted octanol–water partition coefficient (Wildman–Crippen LogP) is 3.08. The van der Waals surface area contributed by atoms with Crippen LogP contribution in [0.25, 0.3) is 10.9 Å². The Labute approximate surface area is 185 Å². The van der Waals surface area contributed by atoms with E-state index in [4.69, 9.17) is 9.47 Å². The van der Waals surface area contributed by atoms with Gasteiger partial charge in [-0.1, -0.05) is 6.07 Å². The molecule has 1 amide bonds. The SMILES string of the molecule is COc1ccc(CN2CCC(NC(=O)c3cc(=O)c4ccc(OC)cc4[nH]3)CC2)c(F)c1. The molecular weight excluding hydrogens is 413 g/mol. The lowest BCUT2D eigenvalue weighted by Gasteiger charge is -2.32. The van der Waals surface area contributed by atoms with Crippen LogP contribution < -0.4 is 20.2 Å². The van der Waals surface area contributed by atoms with E-state index < -0.39 is 0 Å². The minimum Gasteiger partial charge on any atom is -0.497 e. The van der Waals surface area contributed by atoms with Gasteiger partial charge in [0.05, 0.1) is 19.7 Å². The first-order valence-corrected chi connectivity index (χ1v) is 10.5. The number of pyridine rings is 1. The van der Waals surface area contributed by atoms with Gasteiger partial charge in [0.2, 0.25) is 0 Å². The van der Waals surface area contributed by atoms with Crippen molar-refractivity contribution in [3.8, 4) is 11.5 Å². The Kier molecular flexibility index (Phi) is 6.41. The van der Waals surface area contributed by atoms with Crippen LogP contribution in [0.5, 0.6) is 11.5 Å². The summed E-state index contributed by atoms with van der Waals surface area (Å²) in [5, 5.41) is 3.51. The van der Waals surface area contributed by atoms with Crippen LogP contribution in [0, 0.1) is 5.82 Å². The van der Waals surface area contributed by atoms with E-state index in [1.54, 1.807) is 37.4 Å². The summed E-state index contributed by atoms with van der Waals surface area (Å²) in [6.07, 6.45) is 1.49. The first-order valence-electron chi connectivity index (χ1n) is 10.5. The molecule has 1 aliphatic rings. The van der Waals surface area contributed by atoms with Gasteiger partial charge < -0.3 is 19.8 Å². The molecule has 0 bridgehead atoms. The van der Waals surface area contributed by atoms with E-state index in [0.717, 1.165) is 25.9 Å². The molecule has 1 aromatic heterocycles. The minimum atomic E-state index is -0.313. The van der Waals surface area contributed by atoms with Crippen LogP contribution >= 0.6 is 0 Å². The topological polar surface area (TPSA) is 83.7 Å². The Balaban J connectivity index is 1.37. The zero-order valence-electron chi connectivity index (χ0n) is 18.1. The summed E-state index contributed by atoms with van der Waals surface area (Å²) < 4.78 is 24.5.